The molecular weight excluding hydrogens is 468 g/mol. The van der Waals surface area contributed by atoms with E-state index < -0.39 is 27.4 Å². The molecule has 1 aliphatic carbocycles. The molecule has 35 heavy (non-hydrogen) atoms. The third-order valence-corrected chi connectivity index (χ3v) is 6.67. The van der Waals surface area contributed by atoms with Gasteiger partial charge in [0.15, 0.2) is 17.3 Å². The lowest BCUT2D eigenvalue weighted by Crippen LogP contribution is -2.24. The quantitative estimate of drug-likeness (QED) is 0.180. The van der Waals surface area contributed by atoms with Crippen molar-refractivity contribution in [3.8, 4) is 5.75 Å². The molecule has 0 amide bonds. The Bertz CT molecular complexity index is 1570. The Morgan fingerprint density at radius 3 is 1.86 bits per heavy atom. The number of phenols is 1. The summed E-state index contributed by atoms with van der Waals surface area (Å²) in [5, 5.41) is 14.0. The SMILES string of the molecule is O=C1c2ccccc2C(=O)c2c(O)c(Nc3ccccc3)cc(NOS(=O)(=O)c3ccccc3)c21. The number of fused-ring (bicyclic) bond motifs is 2. The summed E-state index contributed by atoms with van der Waals surface area (Å²) < 4.78 is 30.4. The predicted molar refractivity (Wildman–Crippen MR) is 129 cm³/mol. The third kappa shape index (κ3) is 4.03. The van der Waals surface area contributed by atoms with E-state index in [1.54, 1.807) is 54.6 Å². The molecule has 0 heterocycles. The summed E-state index contributed by atoms with van der Waals surface area (Å²) in [5.41, 5.74) is 2.76. The first kappa shape index (κ1) is 22.3. The second kappa shape index (κ2) is 8.71. The van der Waals surface area contributed by atoms with Crippen molar-refractivity contribution in [2.75, 3.05) is 10.8 Å². The average Bonchev–Trinajstić information content (AvgIpc) is 2.88. The van der Waals surface area contributed by atoms with E-state index in [2.05, 4.69) is 10.8 Å². The number of benzene rings is 4. The molecule has 9 heteroatoms. The van der Waals surface area contributed by atoms with Crippen molar-refractivity contribution < 1.29 is 27.4 Å². The Morgan fingerprint density at radius 2 is 1.23 bits per heavy atom. The smallest absolute Gasteiger partial charge is 0.317 e. The number of hydrogen-bond acceptors (Lipinski definition) is 8. The topological polar surface area (TPSA) is 122 Å². The number of aromatic hydroxyl groups is 1. The maximum absolute atomic E-state index is 13.4. The molecule has 4 aromatic rings. The highest BCUT2D eigenvalue weighted by Gasteiger charge is 2.36. The van der Waals surface area contributed by atoms with Crippen LogP contribution >= 0.6 is 0 Å². The molecule has 1 aliphatic rings. The summed E-state index contributed by atoms with van der Waals surface area (Å²) in [6.07, 6.45) is 0. The molecule has 0 saturated heterocycles. The highest BCUT2D eigenvalue weighted by atomic mass is 32.2. The van der Waals surface area contributed by atoms with Gasteiger partial charge in [-0.15, -0.1) is 4.28 Å². The van der Waals surface area contributed by atoms with E-state index >= 15 is 0 Å². The molecular formula is C26H18N2O6S. The largest absolute Gasteiger partial charge is 0.505 e. The van der Waals surface area contributed by atoms with Crippen LogP contribution in [0.3, 0.4) is 0 Å². The Morgan fingerprint density at radius 1 is 0.686 bits per heavy atom. The van der Waals surface area contributed by atoms with Crippen LogP contribution in [0.15, 0.2) is 95.9 Å². The zero-order valence-corrected chi connectivity index (χ0v) is 18.9. The number of carbonyl (C=O) groups excluding carboxylic acids is 2. The monoisotopic (exact) mass is 486 g/mol. The van der Waals surface area contributed by atoms with Gasteiger partial charge < -0.3 is 10.4 Å². The number of phenolic OH excluding ortho intramolecular Hbond substituents is 1. The van der Waals surface area contributed by atoms with Gasteiger partial charge in [-0.3, -0.25) is 9.59 Å². The van der Waals surface area contributed by atoms with Crippen LogP contribution in [0.4, 0.5) is 17.1 Å². The highest BCUT2D eigenvalue weighted by molar-refractivity contribution is 7.86. The minimum Gasteiger partial charge on any atom is -0.505 e. The van der Waals surface area contributed by atoms with Gasteiger partial charge >= 0.3 is 10.1 Å². The zero-order valence-electron chi connectivity index (χ0n) is 18.1. The summed E-state index contributed by atoms with van der Waals surface area (Å²) >= 11 is 0. The lowest BCUT2D eigenvalue weighted by molar-refractivity contribution is 0.0977. The fourth-order valence-electron chi connectivity index (χ4n) is 3.87. The van der Waals surface area contributed by atoms with E-state index in [4.69, 9.17) is 4.28 Å². The van der Waals surface area contributed by atoms with Crippen LogP contribution in [-0.2, 0) is 14.4 Å². The molecule has 0 radical (unpaired) electrons. The number of nitrogens with one attached hydrogen (secondary N) is 2. The van der Waals surface area contributed by atoms with E-state index in [1.165, 1.54) is 30.3 Å². The van der Waals surface area contributed by atoms with E-state index in [0.717, 1.165) is 0 Å². The Kier molecular flexibility index (Phi) is 5.56. The molecule has 5 rings (SSSR count). The molecule has 4 aromatic carbocycles. The van der Waals surface area contributed by atoms with E-state index in [1.807, 2.05) is 6.07 Å². The number of carbonyl (C=O) groups is 2. The highest BCUT2D eigenvalue weighted by Crippen LogP contribution is 2.42. The van der Waals surface area contributed by atoms with Crippen molar-refractivity contribution in [1.29, 1.82) is 0 Å². The molecule has 8 nitrogen and oxygen atoms in total. The van der Waals surface area contributed by atoms with Crippen LogP contribution in [-0.4, -0.2) is 25.1 Å². The van der Waals surface area contributed by atoms with Crippen molar-refractivity contribution in [1.82, 2.24) is 0 Å². The van der Waals surface area contributed by atoms with Gasteiger partial charge in [-0.05, 0) is 30.3 Å². The minimum absolute atomic E-state index is 0.0821. The summed E-state index contributed by atoms with van der Waals surface area (Å²) in [6, 6.07) is 23.8. The Hall–Kier alpha value is -4.47. The number of anilines is 3. The molecule has 0 fully saturated rings. The Balaban J connectivity index is 1.63. The first-order chi connectivity index (χ1) is 16.9. The van der Waals surface area contributed by atoms with Crippen molar-refractivity contribution >= 4 is 38.7 Å². The lowest BCUT2D eigenvalue weighted by Gasteiger charge is -2.23. The van der Waals surface area contributed by atoms with Crippen LogP contribution in [0, 0.1) is 0 Å². The molecule has 0 atom stereocenters. The molecule has 0 aliphatic heterocycles. The maximum Gasteiger partial charge on any atom is 0.317 e. The molecule has 174 valence electrons. The van der Waals surface area contributed by atoms with Crippen LogP contribution in [0.25, 0.3) is 0 Å². The van der Waals surface area contributed by atoms with Gasteiger partial charge in [-0.25, -0.2) is 5.48 Å². The van der Waals surface area contributed by atoms with Crippen molar-refractivity contribution in [3.63, 3.8) is 0 Å². The van der Waals surface area contributed by atoms with Gasteiger partial charge in [0, 0.05) is 16.8 Å². The average molecular weight is 487 g/mol. The normalized spacial score (nSPS) is 12.6. The maximum atomic E-state index is 13.4. The van der Waals surface area contributed by atoms with Crippen LogP contribution in [0.1, 0.15) is 31.8 Å². The molecule has 0 spiro atoms. The number of ketones is 2. The zero-order chi connectivity index (χ0) is 24.6. The van der Waals surface area contributed by atoms with Gasteiger partial charge in [0.2, 0.25) is 0 Å². The minimum atomic E-state index is -4.25. The summed E-state index contributed by atoms with van der Waals surface area (Å²) in [6.45, 7) is 0. The first-order valence-corrected chi connectivity index (χ1v) is 11.9. The van der Waals surface area contributed by atoms with Crippen molar-refractivity contribution in [2.45, 2.75) is 4.90 Å². The molecule has 0 bridgehead atoms. The standard InChI is InChI=1S/C26H18N2O6S/c29-24-18-13-7-8-14-19(18)25(30)23-22(24)20(28-34-35(32,33)17-11-5-2-6-12-17)15-21(26(23)31)27-16-9-3-1-4-10-16/h1-15,27-28,31H. The van der Waals surface area contributed by atoms with Crippen molar-refractivity contribution in [2.24, 2.45) is 0 Å². The van der Waals surface area contributed by atoms with Crippen LogP contribution < -0.4 is 10.8 Å². The molecule has 3 N–H and O–H groups in total. The summed E-state index contributed by atoms with van der Waals surface area (Å²) in [7, 11) is -4.25. The van der Waals surface area contributed by atoms with E-state index in [9.17, 15) is 23.1 Å². The molecule has 0 unspecified atom stereocenters. The first-order valence-electron chi connectivity index (χ1n) is 10.5. The van der Waals surface area contributed by atoms with Crippen LogP contribution in [0.2, 0.25) is 0 Å². The van der Waals surface area contributed by atoms with E-state index in [0.29, 0.717) is 5.69 Å². The predicted octanol–water partition coefficient (Wildman–Crippen LogP) is 4.64. The van der Waals surface area contributed by atoms with Gasteiger partial charge in [-0.2, -0.15) is 8.42 Å². The number of para-hydroxylation sites is 1. The third-order valence-electron chi connectivity index (χ3n) is 5.52. The second-order valence-electron chi connectivity index (χ2n) is 7.72. The molecule has 0 aromatic heterocycles. The number of hydrogen-bond donors (Lipinski definition) is 3. The Labute approximate surface area is 200 Å². The fraction of sp³-hybridized carbons (Fsp3) is 0. The second-order valence-corrected chi connectivity index (χ2v) is 9.26. The van der Waals surface area contributed by atoms with Gasteiger partial charge in [0.05, 0.1) is 27.4 Å². The summed E-state index contributed by atoms with van der Waals surface area (Å²) in [4.78, 5) is 26.6. The molecule has 0 saturated carbocycles. The summed E-state index contributed by atoms with van der Waals surface area (Å²) in [5.74, 6) is -1.56. The van der Waals surface area contributed by atoms with Crippen LogP contribution in [0.5, 0.6) is 5.75 Å². The van der Waals surface area contributed by atoms with Gasteiger partial charge in [-0.1, -0.05) is 60.7 Å². The van der Waals surface area contributed by atoms with Gasteiger partial charge in [0.1, 0.15) is 0 Å². The fourth-order valence-corrected chi connectivity index (χ4v) is 4.65. The lowest BCUT2D eigenvalue weighted by atomic mass is 9.82. The number of rotatable bonds is 6. The van der Waals surface area contributed by atoms with Crippen molar-refractivity contribution in [3.05, 3.63) is 113 Å². The van der Waals surface area contributed by atoms with E-state index in [-0.39, 0.29) is 38.5 Å². The van der Waals surface area contributed by atoms with Gasteiger partial charge in [0.25, 0.3) is 0 Å².